The Labute approximate surface area is 149 Å². The minimum absolute atomic E-state index is 0.507. The lowest BCUT2D eigenvalue weighted by Crippen LogP contribution is -2.00. The van der Waals surface area contributed by atoms with Crippen LogP contribution in [0.1, 0.15) is 56.4 Å². The van der Waals surface area contributed by atoms with Crippen molar-refractivity contribution in [1.82, 2.24) is 14.6 Å². The zero-order valence-corrected chi connectivity index (χ0v) is 15.8. The van der Waals surface area contributed by atoms with Gasteiger partial charge in [-0.15, -0.1) is 0 Å². The molecule has 0 bridgehead atoms. The second kappa shape index (κ2) is 7.26. The van der Waals surface area contributed by atoms with Crippen molar-refractivity contribution in [3.63, 3.8) is 0 Å². The molecule has 0 fully saturated rings. The number of nitrogens with zero attached hydrogens (tertiary/aromatic N) is 3. The van der Waals surface area contributed by atoms with E-state index in [0.717, 1.165) is 41.9 Å². The maximum atomic E-state index is 5.34. The van der Waals surface area contributed by atoms with Crippen LogP contribution in [0.4, 0.5) is 0 Å². The lowest BCUT2D eigenvalue weighted by atomic mass is 9.93. The van der Waals surface area contributed by atoms with Crippen molar-refractivity contribution < 1.29 is 4.74 Å². The molecule has 3 rings (SSSR count). The summed E-state index contributed by atoms with van der Waals surface area (Å²) in [5, 5.41) is 4.93. The van der Waals surface area contributed by atoms with Gasteiger partial charge in [-0.1, -0.05) is 20.8 Å². The second-order valence-corrected chi connectivity index (χ2v) is 6.47. The summed E-state index contributed by atoms with van der Waals surface area (Å²) in [6.07, 6.45) is 5.05. The van der Waals surface area contributed by atoms with Crippen LogP contribution < -0.4 is 4.74 Å². The number of methoxy groups -OCH3 is 1. The first-order chi connectivity index (χ1) is 12.1. The van der Waals surface area contributed by atoms with Crippen molar-refractivity contribution >= 4 is 5.65 Å². The number of rotatable bonds is 6. The largest absolute Gasteiger partial charge is 0.497 e. The van der Waals surface area contributed by atoms with Crippen molar-refractivity contribution in [2.75, 3.05) is 7.11 Å². The number of aryl methyl sites for hydroxylation is 2. The fraction of sp³-hybridized carbons (Fsp3) is 0.429. The van der Waals surface area contributed by atoms with Crippen LogP contribution in [-0.2, 0) is 6.42 Å². The van der Waals surface area contributed by atoms with Gasteiger partial charge in [0.1, 0.15) is 5.75 Å². The van der Waals surface area contributed by atoms with Crippen LogP contribution in [-0.4, -0.2) is 21.7 Å². The third-order valence-corrected chi connectivity index (χ3v) is 5.07. The molecule has 0 aliphatic rings. The summed E-state index contributed by atoms with van der Waals surface area (Å²) >= 11 is 0. The summed E-state index contributed by atoms with van der Waals surface area (Å²) < 4.78 is 7.37. The Bertz CT molecular complexity index is 878. The highest BCUT2D eigenvalue weighted by atomic mass is 16.5. The highest BCUT2D eigenvalue weighted by Crippen LogP contribution is 2.33. The summed E-state index contributed by atoms with van der Waals surface area (Å²) in [5.74, 6) is 1.38. The average Bonchev–Trinajstić information content (AvgIpc) is 3.02. The van der Waals surface area contributed by atoms with Gasteiger partial charge in [0.15, 0.2) is 5.65 Å². The van der Waals surface area contributed by atoms with E-state index < -0.39 is 0 Å². The molecule has 0 N–H and O–H groups in total. The quantitative estimate of drug-likeness (QED) is 0.622. The zero-order valence-electron chi connectivity index (χ0n) is 15.8. The van der Waals surface area contributed by atoms with Gasteiger partial charge in [-0.05, 0) is 61.9 Å². The average molecular weight is 337 g/mol. The Morgan fingerprint density at radius 1 is 1.12 bits per heavy atom. The molecule has 0 aliphatic heterocycles. The minimum atomic E-state index is 0.507. The van der Waals surface area contributed by atoms with Crippen molar-refractivity contribution in [1.29, 1.82) is 0 Å². The number of aromatic nitrogens is 3. The van der Waals surface area contributed by atoms with Gasteiger partial charge in [-0.25, -0.2) is 9.50 Å². The predicted octanol–water partition coefficient (Wildman–Crippen LogP) is 5.18. The molecule has 0 radical (unpaired) electrons. The lowest BCUT2D eigenvalue weighted by Gasteiger charge is -2.13. The van der Waals surface area contributed by atoms with Crippen LogP contribution in [0.5, 0.6) is 5.75 Å². The Morgan fingerprint density at radius 2 is 1.88 bits per heavy atom. The van der Waals surface area contributed by atoms with E-state index in [4.69, 9.17) is 14.8 Å². The molecule has 1 aromatic carbocycles. The van der Waals surface area contributed by atoms with Gasteiger partial charge in [-0.2, -0.15) is 5.10 Å². The second-order valence-electron chi connectivity index (χ2n) is 6.47. The molecule has 2 aromatic heterocycles. The van der Waals surface area contributed by atoms with Crippen LogP contribution in [0.25, 0.3) is 16.9 Å². The van der Waals surface area contributed by atoms with E-state index in [2.05, 4.69) is 39.8 Å². The Morgan fingerprint density at radius 3 is 2.48 bits per heavy atom. The first-order valence-corrected chi connectivity index (χ1v) is 9.16. The van der Waals surface area contributed by atoms with Gasteiger partial charge in [0.2, 0.25) is 0 Å². The lowest BCUT2D eigenvalue weighted by molar-refractivity contribution is 0.414. The number of fused-ring (bicyclic) bond motifs is 1. The molecule has 4 heteroatoms. The highest BCUT2D eigenvalue weighted by molar-refractivity contribution is 5.68. The fourth-order valence-corrected chi connectivity index (χ4v) is 3.64. The van der Waals surface area contributed by atoms with Crippen molar-refractivity contribution in [3.8, 4) is 17.0 Å². The molecule has 2 heterocycles. The molecule has 132 valence electrons. The SMILES string of the molecule is CCc1nn2c(-c3ccc(OC)cc3C)ccnc2c1C(CC)CC. The minimum Gasteiger partial charge on any atom is -0.497 e. The van der Waals surface area contributed by atoms with E-state index in [0.29, 0.717) is 5.92 Å². The maximum Gasteiger partial charge on any atom is 0.159 e. The van der Waals surface area contributed by atoms with Gasteiger partial charge in [0, 0.05) is 17.3 Å². The molecule has 0 unspecified atom stereocenters. The fourth-order valence-electron chi connectivity index (χ4n) is 3.64. The Kier molecular flexibility index (Phi) is 5.07. The number of hydrogen-bond donors (Lipinski definition) is 0. The van der Waals surface area contributed by atoms with Gasteiger partial charge in [0.25, 0.3) is 0 Å². The van der Waals surface area contributed by atoms with Crippen molar-refractivity contribution in [3.05, 3.63) is 47.3 Å². The van der Waals surface area contributed by atoms with Gasteiger partial charge < -0.3 is 4.74 Å². The molecule has 0 spiro atoms. The monoisotopic (exact) mass is 337 g/mol. The van der Waals surface area contributed by atoms with E-state index in [9.17, 15) is 0 Å². The van der Waals surface area contributed by atoms with Crippen molar-refractivity contribution in [2.45, 2.75) is 52.9 Å². The molecule has 4 nitrogen and oxygen atoms in total. The first-order valence-electron chi connectivity index (χ1n) is 9.16. The van der Waals surface area contributed by atoms with E-state index in [-0.39, 0.29) is 0 Å². The topological polar surface area (TPSA) is 39.4 Å². The summed E-state index contributed by atoms with van der Waals surface area (Å²) in [7, 11) is 1.70. The molecule has 0 aliphatic carbocycles. The Hall–Kier alpha value is -2.36. The summed E-state index contributed by atoms with van der Waals surface area (Å²) in [6, 6.07) is 8.21. The van der Waals surface area contributed by atoms with E-state index in [1.54, 1.807) is 7.11 Å². The van der Waals surface area contributed by atoms with E-state index in [1.165, 1.54) is 16.8 Å². The molecule has 25 heavy (non-hydrogen) atoms. The van der Waals surface area contributed by atoms with Gasteiger partial charge in [-0.3, -0.25) is 0 Å². The normalized spacial score (nSPS) is 11.4. The maximum absolute atomic E-state index is 5.34. The number of ether oxygens (including phenoxy) is 1. The number of hydrogen-bond acceptors (Lipinski definition) is 3. The third kappa shape index (κ3) is 3.01. The first kappa shape index (κ1) is 17.5. The van der Waals surface area contributed by atoms with Gasteiger partial charge >= 0.3 is 0 Å². The summed E-state index contributed by atoms with van der Waals surface area (Å²) in [4.78, 5) is 4.69. The van der Waals surface area contributed by atoms with Crippen LogP contribution in [0.2, 0.25) is 0 Å². The van der Waals surface area contributed by atoms with Crippen LogP contribution >= 0.6 is 0 Å². The summed E-state index contributed by atoms with van der Waals surface area (Å²) in [5.41, 5.74) is 6.90. The molecule has 0 saturated heterocycles. The Balaban J connectivity index is 2.25. The third-order valence-electron chi connectivity index (χ3n) is 5.07. The molecular weight excluding hydrogens is 310 g/mol. The predicted molar refractivity (Wildman–Crippen MR) is 102 cm³/mol. The molecule has 0 amide bonds. The van der Waals surface area contributed by atoms with Crippen LogP contribution in [0.15, 0.2) is 30.5 Å². The molecular formula is C21H27N3O. The van der Waals surface area contributed by atoms with E-state index >= 15 is 0 Å². The number of benzene rings is 1. The standard InChI is InChI=1S/C21H27N3O/c1-6-15(7-2)20-18(8-3)23-24-19(11-12-22-21(20)24)17-10-9-16(25-5)13-14(17)4/h9-13,15H,6-8H2,1-5H3. The highest BCUT2D eigenvalue weighted by Gasteiger charge is 2.21. The zero-order chi connectivity index (χ0) is 18.0. The van der Waals surface area contributed by atoms with E-state index in [1.807, 2.05) is 22.8 Å². The molecule has 0 atom stereocenters. The molecule has 3 aromatic rings. The van der Waals surface area contributed by atoms with Crippen molar-refractivity contribution in [2.24, 2.45) is 0 Å². The van der Waals surface area contributed by atoms with Gasteiger partial charge in [0.05, 0.1) is 18.5 Å². The smallest absolute Gasteiger partial charge is 0.159 e. The summed E-state index contributed by atoms with van der Waals surface area (Å²) in [6.45, 7) is 8.77. The van der Waals surface area contributed by atoms with Crippen LogP contribution in [0.3, 0.4) is 0 Å². The van der Waals surface area contributed by atoms with Crippen LogP contribution in [0, 0.1) is 6.92 Å². The molecule has 0 saturated carbocycles.